The van der Waals surface area contributed by atoms with Gasteiger partial charge in [0.25, 0.3) is 0 Å². The molecule has 3 unspecified atom stereocenters. The lowest BCUT2D eigenvalue weighted by Gasteiger charge is -2.33. The summed E-state index contributed by atoms with van der Waals surface area (Å²) >= 11 is 0. The molecule has 0 aromatic heterocycles. The first kappa shape index (κ1) is 26.0. The number of carboxylic acid groups (broad SMARTS) is 1. The zero-order chi connectivity index (χ0) is 24.0. The van der Waals surface area contributed by atoms with Crippen LogP contribution in [0.3, 0.4) is 0 Å². The van der Waals surface area contributed by atoms with Crippen LogP contribution in [0.4, 0.5) is 0 Å². The Labute approximate surface area is 199 Å². The molecule has 7 nitrogen and oxygen atoms in total. The summed E-state index contributed by atoms with van der Waals surface area (Å²) in [5.41, 5.74) is 0. The van der Waals surface area contributed by atoms with Gasteiger partial charge in [-0.15, -0.1) is 0 Å². The Morgan fingerprint density at radius 1 is 0.848 bits per heavy atom. The molecule has 3 N–H and O–H groups in total. The average Bonchev–Trinajstić information content (AvgIpc) is 3.21. The number of aliphatic carboxylic acids is 1. The summed E-state index contributed by atoms with van der Waals surface area (Å²) in [5.74, 6) is 0.351. The van der Waals surface area contributed by atoms with Crippen molar-refractivity contribution < 1.29 is 19.5 Å². The minimum Gasteiger partial charge on any atom is -0.481 e. The van der Waals surface area contributed by atoms with Crippen LogP contribution in [0.2, 0.25) is 0 Å². The van der Waals surface area contributed by atoms with Crippen molar-refractivity contribution >= 4 is 17.8 Å². The maximum Gasteiger partial charge on any atom is 0.307 e. The molecule has 2 amide bonds. The van der Waals surface area contributed by atoms with Gasteiger partial charge in [0.2, 0.25) is 11.8 Å². The monoisotopic (exact) mass is 463 g/mol. The largest absolute Gasteiger partial charge is 0.481 e. The summed E-state index contributed by atoms with van der Waals surface area (Å²) in [4.78, 5) is 38.6. The van der Waals surface area contributed by atoms with Crippen LogP contribution in [-0.2, 0) is 14.4 Å². The number of rotatable bonds is 11. The van der Waals surface area contributed by atoms with Gasteiger partial charge in [-0.05, 0) is 97.4 Å². The van der Waals surface area contributed by atoms with E-state index in [1.165, 1.54) is 0 Å². The number of carboxylic acids is 1. The normalized spacial score (nSPS) is 28.2. The molecule has 3 rings (SSSR count). The van der Waals surface area contributed by atoms with Crippen molar-refractivity contribution in [3.05, 3.63) is 0 Å². The molecule has 2 aliphatic carbocycles. The van der Waals surface area contributed by atoms with E-state index in [1.54, 1.807) is 0 Å². The molecule has 2 saturated carbocycles. The molecule has 3 aliphatic rings. The summed E-state index contributed by atoms with van der Waals surface area (Å²) < 4.78 is 0. The first-order valence-corrected chi connectivity index (χ1v) is 13.3. The van der Waals surface area contributed by atoms with Gasteiger partial charge in [-0.2, -0.15) is 0 Å². The lowest BCUT2D eigenvalue weighted by atomic mass is 9.78. The van der Waals surface area contributed by atoms with Crippen molar-refractivity contribution in [1.29, 1.82) is 0 Å². The maximum atomic E-state index is 12.7. The van der Waals surface area contributed by atoms with Gasteiger partial charge in [-0.3, -0.25) is 19.3 Å². The van der Waals surface area contributed by atoms with Crippen molar-refractivity contribution in [3.63, 3.8) is 0 Å². The molecule has 0 spiro atoms. The highest BCUT2D eigenvalue weighted by molar-refractivity contribution is 5.80. The molecule has 188 valence electrons. The number of carbonyl (C=O) groups is 3. The Hall–Kier alpha value is -1.63. The Kier molecular flexibility index (Phi) is 9.59. The van der Waals surface area contributed by atoms with Gasteiger partial charge in [0.05, 0.1) is 5.92 Å². The molecule has 1 aliphatic heterocycles. The third-order valence-corrected chi connectivity index (χ3v) is 8.21. The van der Waals surface area contributed by atoms with Crippen LogP contribution in [0.1, 0.15) is 91.4 Å². The van der Waals surface area contributed by atoms with Crippen molar-refractivity contribution in [2.45, 2.75) is 110 Å². The smallest absolute Gasteiger partial charge is 0.307 e. The van der Waals surface area contributed by atoms with Crippen molar-refractivity contribution in [2.75, 3.05) is 13.1 Å². The molecule has 0 radical (unpaired) electrons. The number of carbonyl (C=O) groups excluding carboxylic acids is 2. The quantitative estimate of drug-likeness (QED) is 0.435. The zero-order valence-electron chi connectivity index (χ0n) is 20.9. The molecular formula is C26H45N3O4. The van der Waals surface area contributed by atoms with Gasteiger partial charge in [-0.1, -0.05) is 6.42 Å². The lowest BCUT2D eigenvalue weighted by molar-refractivity contribution is -0.141. The van der Waals surface area contributed by atoms with Crippen LogP contribution < -0.4 is 10.6 Å². The van der Waals surface area contributed by atoms with Gasteiger partial charge < -0.3 is 15.7 Å². The molecule has 7 heteroatoms. The second-order valence-corrected chi connectivity index (χ2v) is 11.2. The van der Waals surface area contributed by atoms with Gasteiger partial charge in [0.15, 0.2) is 0 Å². The van der Waals surface area contributed by atoms with E-state index in [1.807, 2.05) is 13.8 Å². The van der Waals surface area contributed by atoms with Crippen LogP contribution in [-0.4, -0.2) is 59.0 Å². The third-order valence-electron chi connectivity index (χ3n) is 8.21. The lowest BCUT2D eigenvalue weighted by Crippen LogP contribution is -2.43. The standard InChI is InChI=1S/C26H45N3O4/c1-17(2)27-24(30)21-10-8-19(9-11-21)15-23(28-25(31)20-5-4-6-20)12-7-18(3)29-14-13-22(16-29)26(32)33/h17-23H,4-16H2,1-3H3,(H,27,30)(H,28,31)(H,32,33). The maximum absolute atomic E-state index is 12.7. The van der Waals surface area contributed by atoms with Crippen molar-refractivity contribution in [2.24, 2.45) is 23.7 Å². The highest BCUT2D eigenvalue weighted by Gasteiger charge is 2.33. The van der Waals surface area contributed by atoms with E-state index in [9.17, 15) is 19.5 Å². The van der Waals surface area contributed by atoms with E-state index < -0.39 is 5.97 Å². The molecule has 3 atom stereocenters. The number of hydrogen-bond acceptors (Lipinski definition) is 4. The molecule has 33 heavy (non-hydrogen) atoms. The highest BCUT2D eigenvalue weighted by Crippen LogP contribution is 2.33. The van der Waals surface area contributed by atoms with E-state index in [0.29, 0.717) is 18.5 Å². The Morgan fingerprint density at radius 2 is 1.48 bits per heavy atom. The van der Waals surface area contributed by atoms with Gasteiger partial charge in [0, 0.05) is 36.5 Å². The predicted molar refractivity (Wildman–Crippen MR) is 129 cm³/mol. The van der Waals surface area contributed by atoms with Crippen LogP contribution in [0, 0.1) is 23.7 Å². The van der Waals surface area contributed by atoms with Crippen LogP contribution in [0.5, 0.6) is 0 Å². The predicted octanol–water partition coefficient (Wildman–Crippen LogP) is 3.57. The van der Waals surface area contributed by atoms with Gasteiger partial charge >= 0.3 is 5.97 Å². The SMILES string of the molecule is CC(C)NC(=O)C1CCC(CC(CCC(C)N2CCC(C(=O)O)C2)NC(=O)C2CCC2)CC1. The van der Waals surface area contributed by atoms with Crippen LogP contribution in [0.15, 0.2) is 0 Å². The Morgan fingerprint density at radius 3 is 2.03 bits per heavy atom. The molecule has 0 bridgehead atoms. The Balaban J connectivity index is 1.49. The fourth-order valence-electron chi connectivity index (χ4n) is 5.72. The summed E-state index contributed by atoms with van der Waals surface area (Å²) in [7, 11) is 0. The number of nitrogens with one attached hydrogen (secondary N) is 2. The third kappa shape index (κ3) is 7.69. The van der Waals surface area contributed by atoms with Gasteiger partial charge in [-0.25, -0.2) is 0 Å². The molecule has 0 aromatic carbocycles. The van der Waals surface area contributed by atoms with Crippen molar-refractivity contribution in [3.8, 4) is 0 Å². The van der Waals surface area contributed by atoms with Gasteiger partial charge in [0.1, 0.15) is 0 Å². The number of hydrogen-bond donors (Lipinski definition) is 3. The molecule has 1 heterocycles. The molecular weight excluding hydrogens is 418 g/mol. The van der Waals surface area contributed by atoms with Crippen LogP contribution >= 0.6 is 0 Å². The minimum atomic E-state index is -0.687. The first-order chi connectivity index (χ1) is 15.7. The summed E-state index contributed by atoms with van der Waals surface area (Å²) in [6, 6.07) is 0.682. The fraction of sp³-hybridized carbons (Fsp3) is 0.885. The van der Waals surface area contributed by atoms with E-state index in [2.05, 4.69) is 22.5 Å². The molecule has 1 saturated heterocycles. The first-order valence-electron chi connectivity index (χ1n) is 13.3. The molecule has 0 aromatic rings. The van der Waals surface area contributed by atoms with E-state index >= 15 is 0 Å². The second-order valence-electron chi connectivity index (χ2n) is 11.2. The molecule has 3 fully saturated rings. The Bertz CT molecular complexity index is 670. The minimum absolute atomic E-state index is 0.129. The van der Waals surface area contributed by atoms with E-state index in [-0.39, 0.29) is 41.7 Å². The summed E-state index contributed by atoms with van der Waals surface area (Å²) in [6.45, 7) is 7.68. The summed E-state index contributed by atoms with van der Waals surface area (Å²) in [6.07, 6.45) is 10.8. The van der Waals surface area contributed by atoms with Crippen LogP contribution in [0.25, 0.3) is 0 Å². The zero-order valence-corrected chi connectivity index (χ0v) is 20.9. The fourth-order valence-corrected chi connectivity index (χ4v) is 5.72. The number of amides is 2. The number of likely N-dealkylation sites (tertiary alicyclic amines) is 1. The number of nitrogens with zero attached hydrogens (tertiary/aromatic N) is 1. The van der Waals surface area contributed by atoms with E-state index in [0.717, 1.165) is 77.2 Å². The highest BCUT2D eigenvalue weighted by atomic mass is 16.4. The average molecular weight is 464 g/mol. The topological polar surface area (TPSA) is 98.7 Å². The van der Waals surface area contributed by atoms with Crippen molar-refractivity contribution in [1.82, 2.24) is 15.5 Å². The second kappa shape index (κ2) is 12.2. The summed E-state index contributed by atoms with van der Waals surface area (Å²) in [5, 5.41) is 15.7. The van der Waals surface area contributed by atoms with E-state index in [4.69, 9.17) is 0 Å².